The highest BCUT2D eigenvalue weighted by molar-refractivity contribution is 5.96. The summed E-state index contributed by atoms with van der Waals surface area (Å²) in [7, 11) is 0. The van der Waals surface area contributed by atoms with E-state index in [0.717, 1.165) is 55.2 Å². The van der Waals surface area contributed by atoms with E-state index in [1.54, 1.807) is 11.0 Å². The zero-order valence-electron chi connectivity index (χ0n) is 21.4. The van der Waals surface area contributed by atoms with Crippen LogP contribution in [-0.4, -0.2) is 54.3 Å². The first-order valence-electron chi connectivity index (χ1n) is 13.4. The van der Waals surface area contributed by atoms with Gasteiger partial charge in [-0.05, 0) is 73.6 Å². The van der Waals surface area contributed by atoms with Crippen LogP contribution < -0.4 is 16.4 Å². The van der Waals surface area contributed by atoms with Gasteiger partial charge in [0.15, 0.2) is 0 Å². The number of nitrogens with zero attached hydrogens (tertiary/aromatic N) is 1. The second kappa shape index (κ2) is 13.2. The molecule has 1 aliphatic carbocycles. The minimum Gasteiger partial charge on any atom is -0.354 e. The third-order valence-electron chi connectivity index (χ3n) is 7.36. The van der Waals surface area contributed by atoms with Gasteiger partial charge in [-0.15, -0.1) is 0 Å². The summed E-state index contributed by atoms with van der Waals surface area (Å²) in [5.41, 5.74) is 9.11. The molecule has 4 rings (SSSR count). The second-order valence-electron chi connectivity index (χ2n) is 10.2. The van der Waals surface area contributed by atoms with Crippen molar-refractivity contribution in [3.63, 3.8) is 0 Å². The van der Waals surface area contributed by atoms with E-state index in [4.69, 9.17) is 5.73 Å². The van der Waals surface area contributed by atoms with E-state index < -0.39 is 6.04 Å². The molecule has 0 bridgehead atoms. The number of nitrogens with two attached hydrogens (primary N) is 1. The fourth-order valence-electron chi connectivity index (χ4n) is 5.08. The van der Waals surface area contributed by atoms with Crippen molar-refractivity contribution in [2.75, 3.05) is 19.6 Å². The Morgan fingerprint density at radius 1 is 0.919 bits per heavy atom. The van der Waals surface area contributed by atoms with E-state index in [1.807, 2.05) is 42.5 Å². The molecule has 7 heteroatoms. The molecule has 2 fully saturated rings. The Bertz CT molecular complexity index is 1080. The van der Waals surface area contributed by atoms with Crippen LogP contribution in [0.15, 0.2) is 60.7 Å². The predicted octanol–water partition coefficient (Wildman–Crippen LogP) is 3.50. The summed E-state index contributed by atoms with van der Waals surface area (Å²) in [6.45, 7) is 1.19. The predicted molar refractivity (Wildman–Crippen MR) is 146 cm³/mol. The van der Waals surface area contributed by atoms with Crippen LogP contribution >= 0.6 is 0 Å². The van der Waals surface area contributed by atoms with Gasteiger partial charge in [-0.1, -0.05) is 54.6 Å². The van der Waals surface area contributed by atoms with Gasteiger partial charge in [0.1, 0.15) is 6.04 Å². The van der Waals surface area contributed by atoms with Crippen molar-refractivity contribution < 1.29 is 14.4 Å². The molecule has 1 atom stereocenters. The van der Waals surface area contributed by atoms with Gasteiger partial charge in [-0.3, -0.25) is 14.4 Å². The molecule has 7 nitrogen and oxygen atoms in total. The molecule has 0 spiro atoms. The maximum Gasteiger partial charge on any atom is 0.245 e. The molecule has 1 heterocycles. The van der Waals surface area contributed by atoms with Crippen molar-refractivity contribution in [2.24, 2.45) is 11.7 Å². The molecular weight excluding hydrogens is 464 g/mol. The Labute approximate surface area is 219 Å². The maximum atomic E-state index is 13.1. The lowest BCUT2D eigenvalue weighted by Crippen LogP contribution is -2.50. The largest absolute Gasteiger partial charge is 0.354 e. The highest BCUT2D eigenvalue weighted by atomic mass is 16.2. The molecule has 1 saturated heterocycles. The van der Waals surface area contributed by atoms with Crippen LogP contribution in [-0.2, 0) is 14.4 Å². The average Bonchev–Trinajstić information content (AvgIpc) is 3.09. The fraction of sp³-hybridized carbons (Fsp3) is 0.433. The van der Waals surface area contributed by atoms with Gasteiger partial charge in [0.05, 0.1) is 6.54 Å². The van der Waals surface area contributed by atoms with Gasteiger partial charge < -0.3 is 21.3 Å². The van der Waals surface area contributed by atoms with Crippen molar-refractivity contribution in [3.8, 4) is 11.1 Å². The lowest BCUT2D eigenvalue weighted by atomic mass is 9.86. The molecule has 3 amide bonds. The Morgan fingerprint density at radius 3 is 2.35 bits per heavy atom. The van der Waals surface area contributed by atoms with Gasteiger partial charge in [-0.25, -0.2) is 0 Å². The van der Waals surface area contributed by atoms with Crippen LogP contribution in [0.25, 0.3) is 17.2 Å². The molecule has 37 heavy (non-hydrogen) atoms. The summed E-state index contributed by atoms with van der Waals surface area (Å²) >= 11 is 0. The van der Waals surface area contributed by atoms with Gasteiger partial charge in [-0.2, -0.15) is 0 Å². The van der Waals surface area contributed by atoms with Gasteiger partial charge in [0.25, 0.3) is 0 Å². The number of likely N-dealkylation sites (tertiary alicyclic amines) is 1. The molecule has 2 aromatic carbocycles. The summed E-state index contributed by atoms with van der Waals surface area (Å²) in [6, 6.07) is 17.7. The van der Waals surface area contributed by atoms with E-state index >= 15 is 0 Å². The van der Waals surface area contributed by atoms with Crippen LogP contribution in [0.2, 0.25) is 0 Å². The quantitative estimate of drug-likeness (QED) is 0.481. The summed E-state index contributed by atoms with van der Waals surface area (Å²) in [6.07, 6.45) is 9.48. The van der Waals surface area contributed by atoms with E-state index in [1.165, 1.54) is 6.08 Å². The minimum absolute atomic E-state index is 0.0288. The highest BCUT2D eigenvalue weighted by Crippen LogP contribution is 2.22. The minimum atomic E-state index is -0.618. The molecular formula is C30H38N4O3. The SMILES string of the molecule is NC1CCC(CNC(=O)CN2CCCCC(NC(=O)C=Cc3ccc(-c4ccccc4)cc3)C2=O)CC1. The molecule has 0 aromatic heterocycles. The van der Waals surface area contributed by atoms with Gasteiger partial charge in [0.2, 0.25) is 17.7 Å². The first-order chi connectivity index (χ1) is 18.0. The number of hydrogen-bond donors (Lipinski definition) is 3. The number of amides is 3. The third-order valence-corrected chi connectivity index (χ3v) is 7.36. The molecule has 196 valence electrons. The lowest BCUT2D eigenvalue weighted by molar-refractivity contribution is -0.138. The smallest absolute Gasteiger partial charge is 0.245 e. The number of carbonyl (C=O) groups is 3. The Kier molecular flexibility index (Phi) is 9.49. The van der Waals surface area contributed by atoms with Crippen molar-refractivity contribution in [3.05, 3.63) is 66.2 Å². The van der Waals surface area contributed by atoms with Gasteiger partial charge >= 0.3 is 0 Å². The van der Waals surface area contributed by atoms with Crippen LogP contribution in [0.1, 0.15) is 50.5 Å². The van der Waals surface area contributed by atoms with Crippen molar-refractivity contribution in [1.82, 2.24) is 15.5 Å². The number of carbonyl (C=O) groups excluding carboxylic acids is 3. The molecule has 1 saturated carbocycles. The Balaban J connectivity index is 1.26. The van der Waals surface area contributed by atoms with E-state index in [0.29, 0.717) is 25.4 Å². The number of hydrogen-bond acceptors (Lipinski definition) is 4. The highest BCUT2D eigenvalue weighted by Gasteiger charge is 2.29. The zero-order valence-corrected chi connectivity index (χ0v) is 21.4. The standard InChI is InChI=1S/C30H38N4O3/c31-26-16-11-23(12-17-26)20-32-29(36)21-34-19-5-4-8-27(30(34)37)33-28(35)18-13-22-9-14-25(15-10-22)24-6-2-1-3-7-24/h1-3,6-7,9-10,13-15,18,23,26-27H,4-5,8,11-12,16-17,19-21,31H2,(H,32,36)(H,33,35). The molecule has 2 aromatic rings. The summed E-state index contributed by atoms with van der Waals surface area (Å²) in [5, 5.41) is 5.84. The van der Waals surface area contributed by atoms with Crippen LogP contribution in [0.3, 0.4) is 0 Å². The van der Waals surface area contributed by atoms with Crippen molar-refractivity contribution in [2.45, 2.75) is 57.0 Å². The van der Waals surface area contributed by atoms with E-state index in [9.17, 15) is 14.4 Å². The van der Waals surface area contributed by atoms with Crippen LogP contribution in [0, 0.1) is 5.92 Å². The maximum absolute atomic E-state index is 13.1. The third kappa shape index (κ3) is 8.02. The normalized spacial score (nSPS) is 22.5. The fourth-order valence-corrected chi connectivity index (χ4v) is 5.08. The average molecular weight is 503 g/mol. The number of benzene rings is 2. The van der Waals surface area contributed by atoms with Crippen molar-refractivity contribution >= 4 is 23.8 Å². The first-order valence-corrected chi connectivity index (χ1v) is 13.4. The summed E-state index contributed by atoms with van der Waals surface area (Å²) in [4.78, 5) is 39.8. The number of nitrogens with one attached hydrogen (secondary N) is 2. The first kappa shape index (κ1) is 26.6. The van der Waals surface area contributed by atoms with E-state index in [-0.39, 0.29) is 30.3 Å². The number of rotatable bonds is 8. The Hall–Kier alpha value is -3.45. The van der Waals surface area contributed by atoms with E-state index in [2.05, 4.69) is 22.8 Å². The van der Waals surface area contributed by atoms with Crippen molar-refractivity contribution in [1.29, 1.82) is 0 Å². The molecule has 1 aliphatic heterocycles. The molecule has 0 radical (unpaired) electrons. The Morgan fingerprint density at radius 2 is 1.62 bits per heavy atom. The lowest BCUT2D eigenvalue weighted by Gasteiger charge is -2.27. The van der Waals surface area contributed by atoms with Crippen LogP contribution in [0.5, 0.6) is 0 Å². The zero-order chi connectivity index (χ0) is 26.0. The van der Waals surface area contributed by atoms with Crippen LogP contribution in [0.4, 0.5) is 0 Å². The second-order valence-corrected chi connectivity index (χ2v) is 10.2. The molecule has 4 N–H and O–H groups in total. The molecule has 2 aliphatic rings. The molecule has 1 unspecified atom stereocenters. The topological polar surface area (TPSA) is 105 Å². The summed E-state index contributed by atoms with van der Waals surface area (Å²) < 4.78 is 0. The summed E-state index contributed by atoms with van der Waals surface area (Å²) in [5.74, 6) is -0.191. The monoisotopic (exact) mass is 502 g/mol. The van der Waals surface area contributed by atoms with Gasteiger partial charge in [0, 0.05) is 25.2 Å².